The highest BCUT2D eigenvalue weighted by molar-refractivity contribution is 5.79. The maximum atomic E-state index is 12.2. The lowest BCUT2D eigenvalue weighted by molar-refractivity contribution is -0.126. The predicted octanol–water partition coefficient (Wildman–Crippen LogP) is 2.69. The van der Waals surface area contributed by atoms with Crippen LogP contribution >= 0.6 is 0 Å². The lowest BCUT2D eigenvalue weighted by atomic mass is 9.84. The van der Waals surface area contributed by atoms with Crippen LogP contribution < -0.4 is 11.1 Å². The zero-order chi connectivity index (χ0) is 13.8. The lowest BCUT2D eigenvalue weighted by Gasteiger charge is -2.27. The van der Waals surface area contributed by atoms with Crippen molar-refractivity contribution in [2.24, 2.45) is 23.0 Å². The van der Waals surface area contributed by atoms with E-state index in [-0.39, 0.29) is 17.2 Å². The molecule has 3 N–H and O–H groups in total. The molecule has 18 heavy (non-hydrogen) atoms. The Morgan fingerprint density at radius 1 is 1.33 bits per heavy atom. The minimum atomic E-state index is -0.0474. The van der Waals surface area contributed by atoms with Crippen LogP contribution in [-0.4, -0.2) is 18.5 Å². The first kappa shape index (κ1) is 15.5. The van der Waals surface area contributed by atoms with Gasteiger partial charge in [-0.25, -0.2) is 0 Å². The van der Waals surface area contributed by atoms with Crippen LogP contribution in [0.3, 0.4) is 0 Å². The van der Waals surface area contributed by atoms with E-state index in [9.17, 15) is 4.79 Å². The third-order valence-electron chi connectivity index (χ3n) is 3.99. The molecule has 0 spiro atoms. The smallest absolute Gasteiger partial charge is 0.224 e. The molecule has 1 fully saturated rings. The zero-order valence-electron chi connectivity index (χ0n) is 12.5. The minimum Gasteiger partial charge on any atom is -0.353 e. The van der Waals surface area contributed by atoms with E-state index < -0.39 is 0 Å². The lowest BCUT2D eigenvalue weighted by Crippen LogP contribution is -2.43. The SMILES string of the molecule is C[C@H](NC(=O)C(CN)CC(C)(C)C)C1CCCC1. The van der Waals surface area contributed by atoms with E-state index in [2.05, 4.69) is 33.0 Å². The van der Waals surface area contributed by atoms with Gasteiger partial charge >= 0.3 is 0 Å². The van der Waals surface area contributed by atoms with Gasteiger partial charge in [0.05, 0.1) is 5.92 Å². The Hall–Kier alpha value is -0.570. The average molecular weight is 254 g/mol. The molecule has 0 aromatic carbocycles. The van der Waals surface area contributed by atoms with E-state index in [0.29, 0.717) is 18.5 Å². The Kier molecular flexibility index (Phi) is 5.64. The monoisotopic (exact) mass is 254 g/mol. The molecule has 3 nitrogen and oxygen atoms in total. The van der Waals surface area contributed by atoms with Crippen LogP contribution in [-0.2, 0) is 4.79 Å². The molecular formula is C15H30N2O. The molecule has 1 amide bonds. The number of carbonyl (C=O) groups excluding carboxylic acids is 1. The number of hydrogen-bond donors (Lipinski definition) is 2. The van der Waals surface area contributed by atoms with Crippen molar-refractivity contribution in [1.82, 2.24) is 5.32 Å². The quantitative estimate of drug-likeness (QED) is 0.792. The topological polar surface area (TPSA) is 55.1 Å². The van der Waals surface area contributed by atoms with Gasteiger partial charge < -0.3 is 11.1 Å². The van der Waals surface area contributed by atoms with Crippen molar-refractivity contribution in [1.29, 1.82) is 0 Å². The predicted molar refractivity (Wildman–Crippen MR) is 76.2 cm³/mol. The average Bonchev–Trinajstić information content (AvgIpc) is 2.77. The van der Waals surface area contributed by atoms with Crippen LogP contribution in [0, 0.1) is 17.3 Å². The molecule has 1 rings (SSSR count). The third-order valence-corrected chi connectivity index (χ3v) is 3.99. The molecule has 0 heterocycles. The van der Waals surface area contributed by atoms with E-state index in [1.165, 1.54) is 25.7 Å². The molecule has 0 saturated heterocycles. The highest BCUT2D eigenvalue weighted by Gasteiger charge is 2.27. The Labute approximate surface area is 112 Å². The minimum absolute atomic E-state index is 0.0474. The molecule has 0 aromatic heterocycles. The number of carbonyl (C=O) groups is 1. The molecule has 1 unspecified atom stereocenters. The standard InChI is InChI=1S/C15H30N2O/c1-11(12-7-5-6-8-12)17-14(18)13(10-16)9-15(2,3)4/h11-13H,5-10,16H2,1-4H3,(H,17,18)/t11-,13?/m0/s1. The summed E-state index contributed by atoms with van der Waals surface area (Å²) in [5.41, 5.74) is 5.90. The van der Waals surface area contributed by atoms with Gasteiger partial charge in [0.2, 0.25) is 5.91 Å². The molecule has 0 bridgehead atoms. The van der Waals surface area contributed by atoms with Crippen LogP contribution in [0.2, 0.25) is 0 Å². The summed E-state index contributed by atoms with van der Waals surface area (Å²) in [6, 6.07) is 0.300. The Morgan fingerprint density at radius 2 is 1.89 bits per heavy atom. The highest BCUT2D eigenvalue weighted by Crippen LogP contribution is 2.28. The van der Waals surface area contributed by atoms with Crippen LogP contribution in [0.25, 0.3) is 0 Å². The van der Waals surface area contributed by atoms with Crippen molar-refractivity contribution in [3.8, 4) is 0 Å². The summed E-state index contributed by atoms with van der Waals surface area (Å²) in [5, 5.41) is 3.18. The van der Waals surface area contributed by atoms with Crippen molar-refractivity contribution in [2.75, 3.05) is 6.54 Å². The van der Waals surface area contributed by atoms with Crippen LogP contribution in [0.15, 0.2) is 0 Å². The maximum Gasteiger partial charge on any atom is 0.224 e. The van der Waals surface area contributed by atoms with Crippen molar-refractivity contribution >= 4 is 5.91 Å². The molecular weight excluding hydrogens is 224 g/mol. The number of hydrogen-bond acceptors (Lipinski definition) is 2. The van der Waals surface area contributed by atoms with Gasteiger partial charge in [0.25, 0.3) is 0 Å². The molecule has 2 atom stereocenters. The van der Waals surface area contributed by atoms with Gasteiger partial charge in [0, 0.05) is 12.6 Å². The third kappa shape index (κ3) is 4.97. The fraction of sp³-hybridized carbons (Fsp3) is 0.933. The Bertz CT molecular complexity index is 264. The second-order valence-electron chi connectivity index (χ2n) is 7.04. The first-order valence-corrected chi connectivity index (χ1v) is 7.34. The number of amides is 1. The molecule has 0 aromatic rings. The van der Waals surface area contributed by atoms with Crippen molar-refractivity contribution in [2.45, 2.75) is 65.8 Å². The van der Waals surface area contributed by atoms with E-state index in [1.807, 2.05) is 0 Å². The van der Waals surface area contributed by atoms with Gasteiger partial charge in [-0.2, -0.15) is 0 Å². The fourth-order valence-corrected chi connectivity index (χ4v) is 2.94. The number of nitrogens with one attached hydrogen (secondary N) is 1. The van der Waals surface area contributed by atoms with Crippen molar-refractivity contribution in [3.63, 3.8) is 0 Å². The number of nitrogens with two attached hydrogens (primary N) is 1. The van der Waals surface area contributed by atoms with Crippen LogP contribution in [0.5, 0.6) is 0 Å². The van der Waals surface area contributed by atoms with Gasteiger partial charge in [-0.15, -0.1) is 0 Å². The second kappa shape index (κ2) is 6.55. The van der Waals surface area contributed by atoms with E-state index in [1.54, 1.807) is 0 Å². The summed E-state index contributed by atoms with van der Waals surface area (Å²) < 4.78 is 0. The summed E-state index contributed by atoms with van der Waals surface area (Å²) >= 11 is 0. The normalized spacial score (nSPS) is 20.7. The Morgan fingerprint density at radius 3 is 2.33 bits per heavy atom. The van der Waals surface area contributed by atoms with Gasteiger partial charge in [-0.1, -0.05) is 33.6 Å². The van der Waals surface area contributed by atoms with E-state index in [0.717, 1.165) is 6.42 Å². The van der Waals surface area contributed by atoms with Crippen LogP contribution in [0.4, 0.5) is 0 Å². The number of rotatable bonds is 5. The molecule has 1 aliphatic rings. The fourth-order valence-electron chi connectivity index (χ4n) is 2.94. The van der Waals surface area contributed by atoms with Crippen molar-refractivity contribution < 1.29 is 4.79 Å². The summed E-state index contributed by atoms with van der Waals surface area (Å²) in [4.78, 5) is 12.2. The molecule has 1 saturated carbocycles. The van der Waals surface area contributed by atoms with Gasteiger partial charge in [-0.05, 0) is 37.5 Å². The largest absolute Gasteiger partial charge is 0.353 e. The Balaban J connectivity index is 2.46. The second-order valence-corrected chi connectivity index (χ2v) is 7.04. The zero-order valence-corrected chi connectivity index (χ0v) is 12.5. The summed E-state index contributed by atoms with van der Waals surface area (Å²) in [7, 11) is 0. The van der Waals surface area contributed by atoms with Crippen LogP contribution in [0.1, 0.15) is 59.8 Å². The molecule has 106 valence electrons. The summed E-state index contributed by atoms with van der Waals surface area (Å²) in [6.07, 6.45) is 6.00. The molecule has 3 heteroatoms. The molecule has 1 aliphatic carbocycles. The van der Waals surface area contributed by atoms with Gasteiger partial charge in [0.1, 0.15) is 0 Å². The van der Waals surface area contributed by atoms with Gasteiger partial charge in [0.15, 0.2) is 0 Å². The summed E-state index contributed by atoms with van der Waals surface area (Å²) in [5.74, 6) is 0.766. The summed E-state index contributed by atoms with van der Waals surface area (Å²) in [6.45, 7) is 9.05. The van der Waals surface area contributed by atoms with E-state index >= 15 is 0 Å². The van der Waals surface area contributed by atoms with Gasteiger partial charge in [-0.3, -0.25) is 4.79 Å². The molecule has 0 aliphatic heterocycles. The first-order chi connectivity index (χ1) is 8.33. The van der Waals surface area contributed by atoms with Crippen molar-refractivity contribution in [3.05, 3.63) is 0 Å². The maximum absolute atomic E-state index is 12.2. The molecule has 0 radical (unpaired) electrons. The van der Waals surface area contributed by atoms with E-state index in [4.69, 9.17) is 5.73 Å². The first-order valence-electron chi connectivity index (χ1n) is 7.34. The highest BCUT2D eigenvalue weighted by atomic mass is 16.1.